The summed E-state index contributed by atoms with van der Waals surface area (Å²) < 4.78 is 17.1. The van der Waals surface area contributed by atoms with Gasteiger partial charge in [-0.2, -0.15) is 0 Å². The van der Waals surface area contributed by atoms with Gasteiger partial charge in [-0.15, -0.1) is 0 Å². The molecule has 0 saturated carbocycles. The Morgan fingerprint density at radius 2 is 1.52 bits per heavy atom. The Labute approximate surface area is 239 Å². The molecule has 5 heteroatoms. The Hall–Kier alpha value is -3.44. The molecule has 2 aromatic rings. The highest BCUT2D eigenvalue weighted by molar-refractivity contribution is 5.72. The van der Waals surface area contributed by atoms with Gasteiger partial charge < -0.3 is 24.0 Å². The maximum atomic E-state index is 6.02. The van der Waals surface area contributed by atoms with E-state index in [2.05, 4.69) is 112 Å². The van der Waals surface area contributed by atoms with Gasteiger partial charge in [-0.05, 0) is 77.6 Å². The highest BCUT2D eigenvalue weighted by Gasteiger charge is 2.62. The Morgan fingerprint density at radius 3 is 2.17 bits per heavy atom. The van der Waals surface area contributed by atoms with Gasteiger partial charge in [0.2, 0.25) is 0 Å². The number of methoxy groups -OCH3 is 2. The molecular weight excluding hydrogens is 496 g/mol. The van der Waals surface area contributed by atoms with Crippen LogP contribution in [0.1, 0.15) is 51.7 Å². The van der Waals surface area contributed by atoms with Gasteiger partial charge in [-0.25, -0.2) is 0 Å². The van der Waals surface area contributed by atoms with Crippen LogP contribution in [-0.2, 0) is 15.6 Å². The van der Waals surface area contributed by atoms with E-state index in [9.17, 15) is 0 Å². The molecule has 1 saturated heterocycles. The molecule has 3 aliphatic heterocycles. The SMILES string of the molecule is COc1ccc2c(c1)C(C)(C)/C(=C/C=C1C=C(/C=C/C3(C4CO4)N(C)c4ccc(OC)cc4C3(C)C)CC/1)N2C. The van der Waals surface area contributed by atoms with Crippen molar-refractivity contribution >= 4 is 11.4 Å². The summed E-state index contributed by atoms with van der Waals surface area (Å²) >= 11 is 0. The summed E-state index contributed by atoms with van der Waals surface area (Å²) in [7, 11) is 7.84. The molecule has 0 bridgehead atoms. The van der Waals surface area contributed by atoms with Gasteiger partial charge >= 0.3 is 0 Å². The van der Waals surface area contributed by atoms with Crippen LogP contribution in [0.4, 0.5) is 11.4 Å². The van der Waals surface area contributed by atoms with Crippen LogP contribution in [0.3, 0.4) is 0 Å². The minimum Gasteiger partial charge on any atom is -0.497 e. The second-order valence-corrected chi connectivity index (χ2v) is 12.6. The van der Waals surface area contributed by atoms with Crippen molar-refractivity contribution in [1.29, 1.82) is 0 Å². The van der Waals surface area contributed by atoms with Gasteiger partial charge in [0.1, 0.15) is 17.6 Å². The fourth-order valence-corrected chi connectivity index (χ4v) is 7.41. The predicted octanol–water partition coefficient (Wildman–Crippen LogP) is 7.08. The average Bonchev–Trinajstić information content (AvgIpc) is 3.62. The Kier molecular flexibility index (Phi) is 6.23. The molecule has 2 unspecified atom stereocenters. The molecule has 3 heterocycles. The summed E-state index contributed by atoms with van der Waals surface area (Å²) in [5.74, 6) is 1.81. The van der Waals surface area contributed by atoms with Crippen LogP contribution in [0, 0.1) is 0 Å². The van der Waals surface area contributed by atoms with E-state index in [0.717, 1.165) is 30.9 Å². The number of fused-ring (bicyclic) bond motifs is 2. The fraction of sp³-hybridized carbons (Fsp3) is 0.429. The molecule has 0 amide bonds. The van der Waals surface area contributed by atoms with Crippen LogP contribution >= 0.6 is 0 Å². The first kappa shape index (κ1) is 26.8. The molecule has 0 spiro atoms. The van der Waals surface area contributed by atoms with Crippen molar-refractivity contribution in [3.8, 4) is 11.5 Å². The second kappa shape index (κ2) is 9.31. The molecule has 5 nitrogen and oxygen atoms in total. The number of ether oxygens (including phenoxy) is 3. The van der Waals surface area contributed by atoms with Crippen molar-refractivity contribution in [3.05, 3.63) is 94.7 Å². The van der Waals surface area contributed by atoms with Crippen LogP contribution in [0.25, 0.3) is 0 Å². The van der Waals surface area contributed by atoms with Crippen molar-refractivity contribution in [1.82, 2.24) is 0 Å². The van der Waals surface area contributed by atoms with Crippen molar-refractivity contribution in [2.45, 2.75) is 63.0 Å². The van der Waals surface area contributed by atoms with E-state index in [-0.39, 0.29) is 22.5 Å². The third kappa shape index (κ3) is 3.85. The van der Waals surface area contributed by atoms with Gasteiger partial charge in [0.25, 0.3) is 0 Å². The van der Waals surface area contributed by atoms with E-state index in [1.807, 2.05) is 6.07 Å². The first-order valence-corrected chi connectivity index (χ1v) is 14.3. The molecule has 0 N–H and O–H groups in total. The number of likely N-dealkylation sites (N-methyl/N-ethyl adjacent to an activating group) is 2. The van der Waals surface area contributed by atoms with Gasteiger partial charge in [0, 0.05) is 42.0 Å². The zero-order valence-corrected chi connectivity index (χ0v) is 25.2. The summed E-state index contributed by atoms with van der Waals surface area (Å²) in [6, 6.07) is 12.8. The van der Waals surface area contributed by atoms with Gasteiger partial charge in [0.05, 0.1) is 26.4 Å². The molecule has 6 rings (SSSR count). The lowest BCUT2D eigenvalue weighted by molar-refractivity contribution is 0.246. The van der Waals surface area contributed by atoms with Crippen LogP contribution in [-0.4, -0.2) is 46.6 Å². The van der Waals surface area contributed by atoms with Crippen molar-refractivity contribution < 1.29 is 14.2 Å². The van der Waals surface area contributed by atoms with Crippen LogP contribution in [0.5, 0.6) is 11.5 Å². The lowest BCUT2D eigenvalue weighted by Gasteiger charge is -2.43. The summed E-state index contributed by atoms with van der Waals surface area (Å²) in [5, 5.41) is 0. The number of anilines is 2. The van der Waals surface area contributed by atoms with Gasteiger partial charge in [0.15, 0.2) is 0 Å². The molecular formula is C35H42N2O3. The van der Waals surface area contributed by atoms with Crippen molar-refractivity contribution in [3.63, 3.8) is 0 Å². The van der Waals surface area contributed by atoms with Crippen molar-refractivity contribution in [2.24, 2.45) is 0 Å². The van der Waals surface area contributed by atoms with Crippen LogP contribution in [0.2, 0.25) is 0 Å². The molecule has 0 radical (unpaired) electrons. The molecule has 2 atom stereocenters. The summed E-state index contributed by atoms with van der Waals surface area (Å²) in [4.78, 5) is 4.74. The number of hydrogen-bond acceptors (Lipinski definition) is 5. The highest BCUT2D eigenvalue weighted by atomic mass is 16.6. The normalized spacial score (nSPS) is 27.9. The second-order valence-electron chi connectivity index (χ2n) is 12.6. The number of allylic oxidation sites excluding steroid dienone is 7. The Balaban J connectivity index is 1.28. The van der Waals surface area contributed by atoms with E-state index in [4.69, 9.17) is 14.2 Å². The monoisotopic (exact) mass is 538 g/mol. The summed E-state index contributed by atoms with van der Waals surface area (Å²) in [6.45, 7) is 10.1. The standard InChI is InChI=1S/C35H42N2O3/c1-33(2)27-20-25(38-7)12-14-29(27)36(5)31(33)16-11-23-9-10-24(19-23)17-18-35(32-22-40-32)34(3,4)28-21-26(39-8)13-15-30(28)37(35)6/h11-21,32H,9-10,22H2,1-8H3/b18-17+,23-11+,31-16-. The summed E-state index contributed by atoms with van der Waals surface area (Å²) in [6.07, 6.45) is 14.0. The zero-order valence-electron chi connectivity index (χ0n) is 25.2. The molecule has 2 aromatic carbocycles. The summed E-state index contributed by atoms with van der Waals surface area (Å²) in [5.41, 5.74) is 8.67. The maximum Gasteiger partial charge on any atom is 0.119 e. The molecule has 40 heavy (non-hydrogen) atoms. The Morgan fingerprint density at radius 1 is 0.875 bits per heavy atom. The zero-order chi connectivity index (χ0) is 28.4. The number of nitrogens with zero attached hydrogens (tertiary/aromatic N) is 2. The van der Waals surface area contributed by atoms with E-state index >= 15 is 0 Å². The van der Waals surface area contributed by atoms with Crippen LogP contribution < -0.4 is 19.3 Å². The first-order chi connectivity index (χ1) is 19.0. The molecule has 210 valence electrons. The predicted molar refractivity (Wildman–Crippen MR) is 164 cm³/mol. The van der Waals surface area contributed by atoms with E-state index < -0.39 is 0 Å². The minimum absolute atomic E-state index is 0.0896. The largest absolute Gasteiger partial charge is 0.497 e. The number of epoxide rings is 1. The minimum atomic E-state index is -0.250. The molecule has 4 aliphatic rings. The number of benzene rings is 2. The van der Waals surface area contributed by atoms with E-state index in [1.54, 1.807) is 14.2 Å². The number of hydrogen-bond donors (Lipinski definition) is 0. The third-order valence-corrected chi connectivity index (χ3v) is 9.94. The van der Waals surface area contributed by atoms with E-state index in [1.165, 1.54) is 39.3 Å². The molecule has 1 fully saturated rings. The van der Waals surface area contributed by atoms with Gasteiger partial charge in [-0.3, -0.25) is 0 Å². The topological polar surface area (TPSA) is 37.5 Å². The average molecular weight is 539 g/mol. The fourth-order valence-electron chi connectivity index (χ4n) is 7.41. The lowest BCUT2D eigenvalue weighted by atomic mass is 9.68. The highest BCUT2D eigenvalue weighted by Crippen LogP contribution is 2.57. The van der Waals surface area contributed by atoms with Crippen LogP contribution in [0.15, 0.2) is 83.6 Å². The van der Waals surface area contributed by atoms with Gasteiger partial charge in [-0.1, -0.05) is 52.0 Å². The first-order valence-electron chi connectivity index (χ1n) is 14.3. The quantitative estimate of drug-likeness (QED) is 0.367. The molecule has 0 aromatic heterocycles. The maximum absolute atomic E-state index is 6.02. The third-order valence-electron chi connectivity index (χ3n) is 9.94. The number of rotatable bonds is 6. The lowest BCUT2D eigenvalue weighted by Crippen LogP contribution is -2.57. The van der Waals surface area contributed by atoms with E-state index in [0.29, 0.717) is 0 Å². The molecule has 1 aliphatic carbocycles. The van der Waals surface area contributed by atoms with Crippen molar-refractivity contribution in [2.75, 3.05) is 44.7 Å². The smallest absolute Gasteiger partial charge is 0.119 e. The Bertz CT molecular complexity index is 1470.